The Hall–Kier alpha value is -0.650. The number of nitrogens with zero attached hydrogens (tertiary/aromatic N) is 1. The van der Waals surface area contributed by atoms with Crippen LogP contribution in [0.5, 0.6) is 23.0 Å². The Bertz CT molecular complexity index is 1120. The summed E-state index contributed by atoms with van der Waals surface area (Å²) in [5.41, 5.74) is 1.80. The minimum Gasteiger partial charge on any atom is -0.803 e. The third-order valence-electron chi connectivity index (χ3n) is 4.18. The molecule has 0 aliphatic carbocycles. The molecule has 0 fully saturated rings. The first-order valence-electron chi connectivity index (χ1n) is 8.22. The topological polar surface area (TPSA) is 126 Å². The van der Waals surface area contributed by atoms with Crippen molar-refractivity contribution in [2.24, 2.45) is 0 Å². The van der Waals surface area contributed by atoms with Crippen LogP contribution in [-0.2, 0) is 4.57 Å². The molecule has 31 heavy (non-hydrogen) atoms. The van der Waals surface area contributed by atoms with Crippen LogP contribution in [0, 0.1) is 0 Å². The van der Waals surface area contributed by atoms with Crippen molar-refractivity contribution in [2.45, 2.75) is 4.90 Å². The summed E-state index contributed by atoms with van der Waals surface area (Å²) >= 11 is 0.199. The van der Waals surface area contributed by atoms with Crippen molar-refractivity contribution in [1.29, 1.82) is 0 Å². The van der Waals surface area contributed by atoms with E-state index in [1.54, 1.807) is 24.3 Å². The van der Waals surface area contributed by atoms with Gasteiger partial charge in [0, 0.05) is 11.1 Å². The van der Waals surface area contributed by atoms with Gasteiger partial charge in [0.25, 0.3) is 0 Å². The number of rotatable bonds is 6. The van der Waals surface area contributed by atoms with Gasteiger partial charge in [-0.25, -0.2) is 0 Å². The molecule has 1 aliphatic heterocycles. The second-order valence-electron chi connectivity index (χ2n) is 5.89. The summed E-state index contributed by atoms with van der Waals surface area (Å²) in [4.78, 5) is 22.7. The second kappa shape index (κ2) is 11.0. The summed E-state index contributed by atoms with van der Waals surface area (Å²) in [5.74, 6) is 2.17. The first-order valence-corrected chi connectivity index (χ1v) is 11.2. The molecule has 2 aromatic carbocycles. The summed E-state index contributed by atoms with van der Waals surface area (Å²) in [6, 6.07) is 8.28. The van der Waals surface area contributed by atoms with Crippen LogP contribution >= 0.6 is 18.2 Å². The average molecular weight is 481 g/mol. The molecule has 0 unspecified atom stereocenters. The van der Waals surface area contributed by atoms with Gasteiger partial charge >= 0.3 is 59.1 Å². The molecule has 0 spiro atoms. The fraction of sp³-hybridized carbons (Fsp3) is 0.167. The number of hydrogen-bond donors (Lipinski definition) is 0. The quantitative estimate of drug-likeness (QED) is 0.261. The second-order valence-corrected chi connectivity index (χ2v) is 9.29. The van der Waals surface area contributed by atoms with Crippen molar-refractivity contribution in [1.82, 2.24) is 5.16 Å². The van der Waals surface area contributed by atoms with E-state index in [1.165, 1.54) is 26.5 Å². The van der Waals surface area contributed by atoms with E-state index >= 15 is 0 Å². The van der Waals surface area contributed by atoms with E-state index in [2.05, 4.69) is 5.16 Å². The van der Waals surface area contributed by atoms with Crippen molar-refractivity contribution in [3.63, 3.8) is 0 Å². The summed E-state index contributed by atoms with van der Waals surface area (Å²) in [6.07, 6.45) is 1.50. The largest absolute Gasteiger partial charge is 1.00 e. The molecule has 3 aromatic rings. The fourth-order valence-electron chi connectivity index (χ4n) is 2.95. The number of aromatic nitrogens is 1. The molecule has 9 nitrogen and oxygen atoms in total. The number of methoxy groups -OCH3 is 2. The molecule has 0 saturated heterocycles. The minimum atomic E-state index is -4.86. The number of benzene rings is 2. The molecule has 13 heteroatoms. The van der Waals surface area contributed by atoms with Gasteiger partial charge in [-0.1, -0.05) is 22.6 Å². The fourth-order valence-corrected chi connectivity index (χ4v) is 4.76. The molecule has 1 aliphatic rings. The van der Waals surface area contributed by atoms with Crippen LogP contribution < -0.4 is 87.8 Å². The maximum atomic E-state index is 11.2. The SMILES string of the molecule is COc1ccc(-c2cnoc2-c2cc(OC)c3c(c2)OCO3)cc1SP(=O)([O-])[O-].[Na+].[Na+]. The predicted molar refractivity (Wildman–Crippen MR) is 100 cm³/mol. The van der Waals surface area contributed by atoms with Crippen molar-refractivity contribution < 1.29 is 96.9 Å². The van der Waals surface area contributed by atoms with Gasteiger partial charge in [0.1, 0.15) is 5.75 Å². The molecule has 0 saturated carbocycles. The summed E-state index contributed by atoms with van der Waals surface area (Å²) in [6.45, 7) is -4.78. The van der Waals surface area contributed by atoms with E-state index in [1.807, 2.05) is 0 Å². The first-order chi connectivity index (χ1) is 13.9. The number of ether oxygens (including phenoxy) is 4. The van der Waals surface area contributed by atoms with Crippen molar-refractivity contribution in [3.05, 3.63) is 36.5 Å². The molecule has 0 radical (unpaired) electrons. The third kappa shape index (κ3) is 5.83. The Morgan fingerprint density at radius 1 is 1.03 bits per heavy atom. The third-order valence-corrected chi connectivity index (χ3v) is 6.18. The van der Waals surface area contributed by atoms with E-state index in [9.17, 15) is 14.4 Å². The van der Waals surface area contributed by atoms with Crippen LogP contribution in [-0.4, -0.2) is 26.2 Å². The van der Waals surface area contributed by atoms with Gasteiger partial charge in [-0.05, 0) is 36.6 Å². The average Bonchev–Trinajstić information content (AvgIpc) is 3.35. The van der Waals surface area contributed by atoms with Crippen LogP contribution in [0.3, 0.4) is 0 Å². The molecule has 152 valence electrons. The normalized spacial score (nSPS) is 12.0. The summed E-state index contributed by atoms with van der Waals surface area (Å²) < 4.78 is 38.0. The summed E-state index contributed by atoms with van der Waals surface area (Å²) in [7, 11) is 2.91. The minimum absolute atomic E-state index is 0. The van der Waals surface area contributed by atoms with Crippen LogP contribution in [0.15, 0.2) is 45.9 Å². The van der Waals surface area contributed by atoms with Gasteiger partial charge in [-0.2, -0.15) is 0 Å². The molecule has 4 rings (SSSR count). The van der Waals surface area contributed by atoms with E-state index in [0.717, 1.165) is 0 Å². The van der Waals surface area contributed by atoms with Crippen LogP contribution in [0.2, 0.25) is 0 Å². The molecule has 0 amide bonds. The Labute approximate surface area is 226 Å². The molecular weight excluding hydrogens is 467 g/mol. The Kier molecular flexibility index (Phi) is 9.42. The van der Waals surface area contributed by atoms with Gasteiger partial charge in [0.15, 0.2) is 17.3 Å². The zero-order chi connectivity index (χ0) is 20.6. The van der Waals surface area contributed by atoms with Crippen LogP contribution in [0.25, 0.3) is 22.5 Å². The molecule has 1 aromatic heterocycles. The van der Waals surface area contributed by atoms with Crippen LogP contribution in [0.1, 0.15) is 0 Å². The van der Waals surface area contributed by atoms with Crippen molar-refractivity contribution in [3.8, 4) is 45.4 Å². The van der Waals surface area contributed by atoms with Gasteiger partial charge < -0.3 is 37.8 Å². The number of hydrogen-bond acceptors (Lipinski definition) is 10. The molecule has 0 bridgehead atoms. The monoisotopic (exact) mass is 481 g/mol. The molecule has 0 N–H and O–H groups in total. The van der Waals surface area contributed by atoms with E-state index in [4.69, 9.17) is 23.5 Å². The zero-order valence-corrected chi connectivity index (χ0v) is 23.0. The summed E-state index contributed by atoms with van der Waals surface area (Å²) in [5, 5.41) is 3.87. The van der Waals surface area contributed by atoms with Gasteiger partial charge in [-0.15, -0.1) is 0 Å². The Morgan fingerprint density at radius 2 is 1.77 bits per heavy atom. The van der Waals surface area contributed by atoms with E-state index in [0.29, 0.717) is 39.7 Å². The first kappa shape index (κ1) is 26.6. The molecule has 2 heterocycles. The van der Waals surface area contributed by atoms with Crippen molar-refractivity contribution >= 4 is 18.2 Å². The Balaban J connectivity index is 0.00000171. The van der Waals surface area contributed by atoms with Gasteiger partial charge in [0.2, 0.25) is 12.5 Å². The van der Waals surface area contributed by atoms with Gasteiger partial charge in [-0.3, -0.25) is 0 Å². The molecular formula is C18H14NNa2O8PS. The standard InChI is InChI=1S/C18H16NO8PS.2Na/c1-23-13-4-3-10(7-16(13)29-28(20,21)22)12-8-19-27-17(12)11-5-14(24-2)18-15(6-11)25-9-26-18;;/h3-8H,9H2,1-2H3,(H2,20,21,22);;/q;2*+1/p-2. The van der Waals surface area contributed by atoms with E-state index in [-0.39, 0.29) is 87.9 Å². The predicted octanol–water partition coefficient (Wildman–Crippen LogP) is -3.32. The maximum absolute atomic E-state index is 11.2. The Morgan fingerprint density at radius 3 is 2.45 bits per heavy atom. The maximum Gasteiger partial charge on any atom is 1.00 e. The van der Waals surface area contributed by atoms with Crippen LogP contribution in [0.4, 0.5) is 0 Å². The smallest absolute Gasteiger partial charge is 0.803 e. The number of fused-ring (bicyclic) bond motifs is 1. The molecule has 0 atom stereocenters. The van der Waals surface area contributed by atoms with E-state index < -0.39 is 6.80 Å². The van der Waals surface area contributed by atoms with Crippen molar-refractivity contribution in [2.75, 3.05) is 21.0 Å². The zero-order valence-electron chi connectivity index (χ0n) is 17.2. The van der Waals surface area contributed by atoms with Gasteiger partial charge in [0.05, 0.1) is 25.3 Å².